The first-order valence-electron chi connectivity index (χ1n) is 6.92. The van der Waals surface area contributed by atoms with Crippen LogP contribution in [0.1, 0.15) is 0 Å². The minimum absolute atomic E-state index is 0.209. The predicted molar refractivity (Wildman–Crippen MR) is 80.9 cm³/mol. The number of hydrogen-bond donors (Lipinski definition) is 0. The minimum atomic E-state index is -0.209. The number of fused-ring (bicyclic) bond motifs is 2. The lowest BCUT2D eigenvalue weighted by Crippen LogP contribution is -2.22. The first-order chi connectivity index (χ1) is 10.7. The molecule has 4 rings (SSSR count). The third-order valence-corrected chi connectivity index (χ3v) is 3.61. The van der Waals surface area contributed by atoms with Gasteiger partial charge in [0, 0.05) is 0 Å². The van der Waals surface area contributed by atoms with E-state index in [0.717, 1.165) is 0 Å². The van der Waals surface area contributed by atoms with Crippen LogP contribution in [-0.2, 0) is 13.1 Å². The molecule has 0 amide bonds. The van der Waals surface area contributed by atoms with Crippen LogP contribution in [0.5, 0.6) is 0 Å². The van der Waals surface area contributed by atoms with Gasteiger partial charge in [-0.3, -0.25) is 9.59 Å². The van der Waals surface area contributed by atoms with E-state index in [0.29, 0.717) is 21.9 Å². The smallest absolute Gasteiger partial charge is 0.290 e. The molecule has 0 spiro atoms. The van der Waals surface area contributed by atoms with Crippen molar-refractivity contribution in [3.05, 3.63) is 69.2 Å². The van der Waals surface area contributed by atoms with Crippen molar-refractivity contribution < 1.29 is 9.05 Å². The van der Waals surface area contributed by atoms with E-state index >= 15 is 0 Å². The molecule has 0 aliphatic carbocycles. The van der Waals surface area contributed by atoms with Gasteiger partial charge >= 0.3 is 0 Å². The van der Waals surface area contributed by atoms with Crippen LogP contribution >= 0.6 is 0 Å². The summed E-state index contributed by atoms with van der Waals surface area (Å²) in [4.78, 5) is 24.3. The Kier molecular flexibility index (Phi) is 2.75. The number of aryl methyl sites for hydroxylation is 2. The van der Waals surface area contributed by atoms with E-state index in [2.05, 4.69) is 0 Å². The molecule has 0 saturated heterocycles. The van der Waals surface area contributed by atoms with Gasteiger partial charge in [-0.2, -0.15) is 9.48 Å². The van der Waals surface area contributed by atoms with E-state index in [9.17, 15) is 9.59 Å². The molecular formula is C16H12N2O4. The van der Waals surface area contributed by atoms with Crippen LogP contribution in [0.3, 0.4) is 0 Å². The van der Waals surface area contributed by atoms with Crippen molar-refractivity contribution in [3.8, 4) is 0 Å². The summed E-state index contributed by atoms with van der Waals surface area (Å²) in [5.41, 5.74) is 0.647. The standard InChI is InChI=1S/C16H12N2O4/c19-15-11-5-1-3-7-13(11)21-17(15)9-10-18-16(20)12-6-2-4-8-14(12)22-18/h1-8H,9-10H2. The van der Waals surface area contributed by atoms with Gasteiger partial charge in [-0.15, -0.1) is 0 Å². The van der Waals surface area contributed by atoms with Crippen molar-refractivity contribution in [1.29, 1.82) is 0 Å². The maximum atomic E-state index is 12.2. The van der Waals surface area contributed by atoms with Gasteiger partial charge in [0.05, 0.1) is 23.9 Å². The number of aromatic nitrogens is 2. The highest BCUT2D eigenvalue weighted by Crippen LogP contribution is 2.11. The quantitative estimate of drug-likeness (QED) is 0.581. The lowest BCUT2D eigenvalue weighted by Gasteiger charge is -1.99. The monoisotopic (exact) mass is 296 g/mol. The molecule has 0 radical (unpaired) electrons. The van der Waals surface area contributed by atoms with E-state index in [1.165, 1.54) is 9.48 Å². The zero-order valence-corrected chi connectivity index (χ0v) is 11.6. The molecule has 2 heterocycles. The van der Waals surface area contributed by atoms with E-state index in [1.54, 1.807) is 48.5 Å². The van der Waals surface area contributed by atoms with Crippen LogP contribution in [0.25, 0.3) is 21.9 Å². The maximum absolute atomic E-state index is 12.2. The Hall–Kier alpha value is -3.02. The highest BCUT2D eigenvalue weighted by molar-refractivity contribution is 5.76. The summed E-state index contributed by atoms with van der Waals surface area (Å²) < 4.78 is 13.4. The summed E-state index contributed by atoms with van der Waals surface area (Å²) in [6.07, 6.45) is 0. The van der Waals surface area contributed by atoms with Crippen LogP contribution in [0, 0.1) is 0 Å². The molecule has 22 heavy (non-hydrogen) atoms. The molecule has 0 aliphatic rings. The Balaban J connectivity index is 1.68. The number of para-hydroxylation sites is 2. The SMILES string of the molecule is O=c1c2ccccc2on1CCn1oc2ccccc2c1=O. The summed E-state index contributed by atoms with van der Waals surface area (Å²) in [6, 6.07) is 14.1. The minimum Gasteiger partial charge on any atom is -0.376 e. The average Bonchev–Trinajstić information content (AvgIpc) is 3.04. The molecule has 6 heteroatoms. The second-order valence-electron chi connectivity index (χ2n) is 4.99. The number of rotatable bonds is 3. The summed E-state index contributed by atoms with van der Waals surface area (Å²) in [5, 5.41) is 1.05. The third kappa shape index (κ3) is 1.88. The molecule has 0 unspecified atom stereocenters. The maximum Gasteiger partial charge on any atom is 0.290 e. The van der Waals surface area contributed by atoms with Gasteiger partial charge in [0.2, 0.25) is 0 Å². The highest BCUT2D eigenvalue weighted by Gasteiger charge is 2.11. The number of hydrogen-bond acceptors (Lipinski definition) is 4. The van der Waals surface area contributed by atoms with E-state index in [-0.39, 0.29) is 24.2 Å². The molecule has 0 aliphatic heterocycles. The van der Waals surface area contributed by atoms with Gasteiger partial charge in [-0.25, -0.2) is 0 Å². The first kappa shape index (κ1) is 12.7. The zero-order chi connectivity index (χ0) is 15.1. The Bertz CT molecular complexity index is 993. The van der Waals surface area contributed by atoms with Crippen LogP contribution in [0.4, 0.5) is 0 Å². The molecule has 0 N–H and O–H groups in total. The molecule has 0 bridgehead atoms. The zero-order valence-electron chi connectivity index (χ0n) is 11.6. The lowest BCUT2D eigenvalue weighted by atomic mass is 10.3. The van der Waals surface area contributed by atoms with Crippen molar-refractivity contribution in [2.24, 2.45) is 0 Å². The summed E-state index contributed by atoms with van der Waals surface area (Å²) in [6.45, 7) is 0.459. The van der Waals surface area contributed by atoms with Crippen LogP contribution in [-0.4, -0.2) is 9.48 Å². The fourth-order valence-corrected chi connectivity index (χ4v) is 2.51. The molecule has 0 atom stereocenters. The van der Waals surface area contributed by atoms with Gasteiger partial charge in [0.25, 0.3) is 11.1 Å². The molecule has 110 valence electrons. The van der Waals surface area contributed by atoms with E-state index in [4.69, 9.17) is 9.05 Å². The average molecular weight is 296 g/mol. The molecular weight excluding hydrogens is 284 g/mol. The van der Waals surface area contributed by atoms with Crippen molar-refractivity contribution in [3.63, 3.8) is 0 Å². The molecule has 0 fully saturated rings. The first-order valence-corrected chi connectivity index (χ1v) is 6.92. The second kappa shape index (κ2) is 4.77. The lowest BCUT2D eigenvalue weighted by molar-refractivity contribution is 0.215. The normalized spacial score (nSPS) is 11.5. The molecule has 0 saturated carbocycles. The van der Waals surface area contributed by atoms with Gasteiger partial charge in [0.15, 0.2) is 11.2 Å². The van der Waals surface area contributed by atoms with Crippen molar-refractivity contribution in [2.75, 3.05) is 0 Å². The third-order valence-electron chi connectivity index (χ3n) is 3.61. The van der Waals surface area contributed by atoms with Gasteiger partial charge < -0.3 is 9.05 Å². The van der Waals surface area contributed by atoms with Crippen molar-refractivity contribution in [2.45, 2.75) is 13.1 Å². The molecule has 2 aromatic carbocycles. The fourth-order valence-electron chi connectivity index (χ4n) is 2.51. The highest BCUT2D eigenvalue weighted by atomic mass is 16.5. The van der Waals surface area contributed by atoms with Crippen LogP contribution in [0.2, 0.25) is 0 Å². The molecule has 6 nitrogen and oxygen atoms in total. The molecule has 4 aromatic rings. The van der Waals surface area contributed by atoms with Crippen molar-refractivity contribution >= 4 is 21.9 Å². The predicted octanol–water partition coefficient (Wildman–Crippen LogP) is 2.20. The summed E-state index contributed by atoms with van der Waals surface area (Å²) in [5.74, 6) is 0. The Morgan fingerprint density at radius 2 is 1.09 bits per heavy atom. The van der Waals surface area contributed by atoms with Gasteiger partial charge in [-0.1, -0.05) is 24.3 Å². The van der Waals surface area contributed by atoms with E-state index < -0.39 is 0 Å². The second-order valence-corrected chi connectivity index (χ2v) is 4.99. The van der Waals surface area contributed by atoms with Gasteiger partial charge in [0.1, 0.15) is 0 Å². The van der Waals surface area contributed by atoms with Crippen molar-refractivity contribution in [1.82, 2.24) is 9.48 Å². The Morgan fingerprint density at radius 1 is 0.682 bits per heavy atom. The van der Waals surface area contributed by atoms with Crippen LogP contribution < -0.4 is 11.1 Å². The topological polar surface area (TPSA) is 70.3 Å². The fraction of sp³-hybridized carbons (Fsp3) is 0.125. The van der Waals surface area contributed by atoms with Gasteiger partial charge in [-0.05, 0) is 24.3 Å². The van der Waals surface area contributed by atoms with Crippen LogP contribution in [0.15, 0.2) is 67.2 Å². The number of nitrogens with zero attached hydrogens (tertiary/aromatic N) is 2. The summed E-state index contributed by atoms with van der Waals surface area (Å²) >= 11 is 0. The Labute approximate surface area is 123 Å². The Morgan fingerprint density at radius 3 is 1.50 bits per heavy atom. The largest absolute Gasteiger partial charge is 0.376 e. The van der Waals surface area contributed by atoms with E-state index in [1.807, 2.05) is 0 Å². The number of benzene rings is 2. The molecule has 2 aromatic heterocycles. The summed E-state index contributed by atoms with van der Waals surface area (Å²) in [7, 11) is 0.